The van der Waals surface area contributed by atoms with Crippen LogP contribution in [0.5, 0.6) is 0 Å². The Morgan fingerprint density at radius 2 is 2.05 bits per heavy atom. The fourth-order valence-electron chi connectivity index (χ4n) is 1.87. The van der Waals surface area contributed by atoms with Gasteiger partial charge in [0, 0.05) is 21.8 Å². The van der Waals surface area contributed by atoms with E-state index in [0.717, 1.165) is 14.9 Å². The van der Waals surface area contributed by atoms with Crippen molar-refractivity contribution >= 4 is 33.2 Å². The summed E-state index contributed by atoms with van der Waals surface area (Å²) >= 11 is 5.07. The van der Waals surface area contributed by atoms with Crippen LogP contribution in [0.2, 0.25) is 0 Å². The zero-order valence-corrected chi connectivity index (χ0v) is 13.4. The summed E-state index contributed by atoms with van der Waals surface area (Å²) in [4.78, 5) is 12.9. The highest BCUT2D eigenvalue weighted by Crippen LogP contribution is 2.22. The van der Waals surface area contributed by atoms with Gasteiger partial charge in [-0.25, -0.2) is 0 Å². The Kier molecular flexibility index (Phi) is 5.76. The summed E-state index contributed by atoms with van der Waals surface area (Å²) in [7, 11) is 0. The van der Waals surface area contributed by atoms with E-state index < -0.39 is 0 Å². The van der Waals surface area contributed by atoms with Crippen LogP contribution in [0, 0.1) is 0 Å². The number of halogens is 1. The monoisotopic (exact) mass is 352 g/mol. The molecule has 0 saturated heterocycles. The molecular weight excluding hydrogens is 336 g/mol. The van der Waals surface area contributed by atoms with Gasteiger partial charge in [0.2, 0.25) is 5.91 Å². The second-order valence-electron chi connectivity index (χ2n) is 4.52. The average molecular weight is 353 g/mol. The van der Waals surface area contributed by atoms with Crippen molar-refractivity contribution in [1.29, 1.82) is 0 Å². The number of carbonyl (C=O) groups excluding carboxylic acids is 1. The van der Waals surface area contributed by atoms with Crippen LogP contribution in [0.3, 0.4) is 0 Å². The van der Waals surface area contributed by atoms with Gasteiger partial charge in [-0.2, -0.15) is 0 Å². The van der Waals surface area contributed by atoms with Crippen LogP contribution in [-0.2, 0) is 11.3 Å². The summed E-state index contributed by atoms with van der Waals surface area (Å²) in [6.07, 6.45) is 1.10. The van der Waals surface area contributed by atoms with Gasteiger partial charge in [-0.1, -0.05) is 30.3 Å². The SMILES string of the molecule is NC(CCC(=O)NCc1sccc1Br)c1ccccc1. The maximum atomic E-state index is 11.8. The molecule has 2 aromatic rings. The van der Waals surface area contributed by atoms with Crippen LogP contribution < -0.4 is 11.1 Å². The highest BCUT2D eigenvalue weighted by molar-refractivity contribution is 9.10. The van der Waals surface area contributed by atoms with Crippen LogP contribution in [0.25, 0.3) is 0 Å². The zero-order valence-electron chi connectivity index (χ0n) is 11.0. The molecule has 0 aliphatic heterocycles. The van der Waals surface area contributed by atoms with E-state index in [0.29, 0.717) is 19.4 Å². The van der Waals surface area contributed by atoms with Crippen molar-refractivity contribution in [3.05, 3.63) is 56.7 Å². The molecule has 0 bridgehead atoms. The molecule has 1 aromatic carbocycles. The molecule has 0 fully saturated rings. The number of rotatable bonds is 6. The molecule has 0 saturated carbocycles. The first-order valence-electron chi connectivity index (χ1n) is 6.46. The second-order valence-corrected chi connectivity index (χ2v) is 6.38. The molecule has 3 nitrogen and oxygen atoms in total. The van der Waals surface area contributed by atoms with E-state index in [4.69, 9.17) is 5.73 Å². The van der Waals surface area contributed by atoms with Gasteiger partial charge >= 0.3 is 0 Å². The fraction of sp³-hybridized carbons (Fsp3) is 0.267. The molecule has 20 heavy (non-hydrogen) atoms. The third-order valence-corrected chi connectivity index (χ3v) is 4.97. The first-order chi connectivity index (χ1) is 9.66. The highest BCUT2D eigenvalue weighted by atomic mass is 79.9. The van der Waals surface area contributed by atoms with Crippen LogP contribution >= 0.6 is 27.3 Å². The number of nitrogens with one attached hydrogen (secondary N) is 1. The maximum Gasteiger partial charge on any atom is 0.220 e. The fourth-order valence-corrected chi connectivity index (χ4v) is 3.30. The smallest absolute Gasteiger partial charge is 0.220 e. The lowest BCUT2D eigenvalue weighted by Gasteiger charge is -2.11. The standard InChI is InChI=1S/C15H17BrN2OS/c16-12-8-9-20-14(12)10-18-15(19)7-6-13(17)11-4-2-1-3-5-11/h1-5,8-9,13H,6-7,10,17H2,(H,18,19). The van der Waals surface area contributed by atoms with Crippen LogP contribution in [-0.4, -0.2) is 5.91 Å². The van der Waals surface area contributed by atoms with Gasteiger partial charge in [0.15, 0.2) is 0 Å². The van der Waals surface area contributed by atoms with Crippen molar-refractivity contribution in [3.8, 4) is 0 Å². The van der Waals surface area contributed by atoms with E-state index in [1.807, 2.05) is 41.8 Å². The lowest BCUT2D eigenvalue weighted by Crippen LogP contribution is -2.23. The molecule has 0 radical (unpaired) electrons. The highest BCUT2D eigenvalue weighted by Gasteiger charge is 2.09. The predicted molar refractivity (Wildman–Crippen MR) is 86.5 cm³/mol. The molecule has 3 N–H and O–H groups in total. The van der Waals surface area contributed by atoms with E-state index in [1.165, 1.54) is 0 Å². The number of nitrogens with two attached hydrogens (primary N) is 1. The summed E-state index contributed by atoms with van der Waals surface area (Å²) in [6, 6.07) is 11.8. The van der Waals surface area contributed by atoms with Gasteiger partial charge in [0.05, 0.1) is 6.54 Å². The van der Waals surface area contributed by atoms with Crippen molar-refractivity contribution in [2.45, 2.75) is 25.4 Å². The third kappa shape index (κ3) is 4.44. The Bertz CT molecular complexity index is 556. The minimum absolute atomic E-state index is 0.0386. The van der Waals surface area contributed by atoms with E-state index in [9.17, 15) is 4.79 Å². The molecular formula is C15H17BrN2OS. The first kappa shape index (κ1) is 15.2. The normalized spacial score (nSPS) is 12.1. The number of carbonyl (C=O) groups is 1. The van der Waals surface area contributed by atoms with Crippen LogP contribution in [0.15, 0.2) is 46.3 Å². The van der Waals surface area contributed by atoms with Crippen LogP contribution in [0.4, 0.5) is 0 Å². The minimum atomic E-state index is -0.0876. The molecule has 1 amide bonds. The Labute approximate surface area is 131 Å². The summed E-state index contributed by atoms with van der Waals surface area (Å²) in [6.45, 7) is 0.567. The zero-order chi connectivity index (χ0) is 14.4. The molecule has 2 rings (SSSR count). The molecule has 0 spiro atoms. The van der Waals surface area contributed by atoms with Gasteiger partial charge in [0.1, 0.15) is 0 Å². The molecule has 5 heteroatoms. The number of thiophene rings is 1. The molecule has 106 valence electrons. The second kappa shape index (κ2) is 7.57. The molecule has 1 heterocycles. The summed E-state index contributed by atoms with van der Waals surface area (Å²) < 4.78 is 1.05. The number of hydrogen-bond donors (Lipinski definition) is 2. The third-order valence-electron chi connectivity index (χ3n) is 3.05. The molecule has 1 atom stereocenters. The largest absolute Gasteiger partial charge is 0.351 e. The summed E-state index contributed by atoms with van der Waals surface area (Å²) in [5, 5.41) is 4.92. The van der Waals surface area contributed by atoms with E-state index in [-0.39, 0.29) is 11.9 Å². The van der Waals surface area contributed by atoms with Crippen molar-refractivity contribution in [3.63, 3.8) is 0 Å². The predicted octanol–water partition coefficient (Wildman–Crippen LogP) is 3.61. The lowest BCUT2D eigenvalue weighted by molar-refractivity contribution is -0.121. The van der Waals surface area contributed by atoms with E-state index in [2.05, 4.69) is 21.2 Å². The molecule has 1 unspecified atom stereocenters. The Morgan fingerprint density at radius 1 is 1.30 bits per heavy atom. The quantitative estimate of drug-likeness (QED) is 0.834. The number of amides is 1. The molecule has 1 aromatic heterocycles. The summed E-state index contributed by atoms with van der Waals surface area (Å²) in [5.41, 5.74) is 7.14. The van der Waals surface area contributed by atoms with Crippen molar-refractivity contribution in [2.24, 2.45) is 5.73 Å². The first-order valence-corrected chi connectivity index (χ1v) is 8.13. The van der Waals surface area contributed by atoms with E-state index in [1.54, 1.807) is 11.3 Å². The number of benzene rings is 1. The van der Waals surface area contributed by atoms with Gasteiger partial charge < -0.3 is 11.1 Å². The lowest BCUT2D eigenvalue weighted by atomic mass is 10.0. The molecule has 0 aliphatic carbocycles. The van der Waals surface area contributed by atoms with Crippen molar-refractivity contribution in [2.75, 3.05) is 0 Å². The van der Waals surface area contributed by atoms with Crippen molar-refractivity contribution in [1.82, 2.24) is 5.32 Å². The maximum absolute atomic E-state index is 11.8. The molecule has 0 aliphatic rings. The van der Waals surface area contributed by atoms with Gasteiger partial charge in [0.25, 0.3) is 0 Å². The average Bonchev–Trinajstić information content (AvgIpc) is 2.89. The Morgan fingerprint density at radius 3 is 2.70 bits per heavy atom. The topological polar surface area (TPSA) is 55.1 Å². The summed E-state index contributed by atoms with van der Waals surface area (Å²) in [5.74, 6) is 0.0386. The van der Waals surface area contributed by atoms with Crippen molar-refractivity contribution < 1.29 is 4.79 Å². The Balaban J connectivity index is 1.74. The van der Waals surface area contributed by atoms with E-state index >= 15 is 0 Å². The van der Waals surface area contributed by atoms with Gasteiger partial charge in [-0.05, 0) is 39.4 Å². The van der Waals surface area contributed by atoms with Gasteiger partial charge in [-0.3, -0.25) is 4.79 Å². The number of hydrogen-bond acceptors (Lipinski definition) is 3. The Hall–Kier alpha value is -1.17. The minimum Gasteiger partial charge on any atom is -0.351 e. The van der Waals surface area contributed by atoms with Crippen LogP contribution in [0.1, 0.15) is 29.3 Å². The van der Waals surface area contributed by atoms with Gasteiger partial charge in [-0.15, -0.1) is 11.3 Å².